The molecule has 0 amide bonds. The van der Waals surface area contributed by atoms with E-state index in [1.807, 2.05) is 11.8 Å². The fourth-order valence-corrected chi connectivity index (χ4v) is 1.38. The molecular weight excluding hydrogens is 144 g/mol. The highest BCUT2D eigenvalue weighted by atomic mass is 32.2. The summed E-state index contributed by atoms with van der Waals surface area (Å²) in [6.45, 7) is 6.26. The maximum Gasteiger partial charge on any atom is 0.0571 e. The van der Waals surface area contributed by atoms with Crippen molar-refractivity contribution in [2.24, 2.45) is 5.92 Å². The molecule has 0 heterocycles. The number of thioether (sulfide) groups is 1. The minimum atomic E-state index is -0.0981. The number of rotatable bonds is 5. The maximum absolute atomic E-state index is 9.34. The molecule has 0 aromatic heterocycles. The minimum absolute atomic E-state index is 0.0981. The smallest absolute Gasteiger partial charge is 0.0571 e. The molecule has 62 valence electrons. The van der Waals surface area contributed by atoms with E-state index in [1.54, 1.807) is 0 Å². The summed E-state index contributed by atoms with van der Waals surface area (Å²) in [5.41, 5.74) is 0. The second kappa shape index (κ2) is 6.05. The maximum atomic E-state index is 9.34. The first-order chi connectivity index (χ1) is 4.68. The van der Waals surface area contributed by atoms with Crippen molar-refractivity contribution in [3.63, 3.8) is 0 Å². The summed E-state index contributed by atoms with van der Waals surface area (Å²) in [6, 6.07) is 0. The van der Waals surface area contributed by atoms with Gasteiger partial charge in [-0.25, -0.2) is 0 Å². The second-order valence-corrected chi connectivity index (χ2v) is 4.19. The van der Waals surface area contributed by atoms with Gasteiger partial charge in [0.2, 0.25) is 0 Å². The molecule has 1 N–H and O–H groups in total. The van der Waals surface area contributed by atoms with E-state index in [-0.39, 0.29) is 6.10 Å². The van der Waals surface area contributed by atoms with E-state index in [9.17, 15) is 5.11 Å². The first kappa shape index (κ1) is 10.3. The fraction of sp³-hybridized carbons (Fsp3) is 1.00. The Kier molecular flexibility index (Phi) is 6.24. The lowest BCUT2D eigenvalue weighted by Crippen LogP contribution is -2.15. The lowest BCUT2D eigenvalue weighted by molar-refractivity contribution is 0.123. The van der Waals surface area contributed by atoms with E-state index in [0.29, 0.717) is 5.92 Å². The molecular formula is C8H18OS. The largest absolute Gasteiger partial charge is 0.393 e. The van der Waals surface area contributed by atoms with Crippen LogP contribution in [-0.4, -0.2) is 22.7 Å². The third-order valence-electron chi connectivity index (χ3n) is 1.53. The quantitative estimate of drug-likeness (QED) is 0.625. The lowest BCUT2D eigenvalue weighted by Gasteiger charge is -2.12. The topological polar surface area (TPSA) is 20.2 Å². The van der Waals surface area contributed by atoms with E-state index >= 15 is 0 Å². The molecule has 10 heavy (non-hydrogen) atoms. The third-order valence-corrected chi connectivity index (χ3v) is 2.46. The van der Waals surface area contributed by atoms with Crippen molar-refractivity contribution in [1.82, 2.24) is 0 Å². The van der Waals surface area contributed by atoms with Gasteiger partial charge in [0.05, 0.1) is 6.10 Å². The molecule has 0 saturated heterocycles. The van der Waals surface area contributed by atoms with Crippen molar-refractivity contribution < 1.29 is 5.11 Å². The normalized spacial score (nSPS) is 14.1. The van der Waals surface area contributed by atoms with Crippen LogP contribution in [0.1, 0.15) is 27.2 Å². The summed E-state index contributed by atoms with van der Waals surface area (Å²) in [7, 11) is 0. The Hall–Kier alpha value is 0.310. The van der Waals surface area contributed by atoms with Crippen LogP contribution < -0.4 is 0 Å². The van der Waals surface area contributed by atoms with Crippen LogP contribution in [-0.2, 0) is 0 Å². The third kappa shape index (κ3) is 5.12. The Labute approximate surface area is 68.2 Å². The first-order valence-corrected chi connectivity index (χ1v) is 5.09. The summed E-state index contributed by atoms with van der Waals surface area (Å²) in [6.07, 6.45) is 0.843. The molecule has 0 aromatic carbocycles. The zero-order valence-electron chi connectivity index (χ0n) is 7.13. The Bertz CT molecular complexity index is 73.7. The van der Waals surface area contributed by atoms with Crippen molar-refractivity contribution in [3.8, 4) is 0 Å². The van der Waals surface area contributed by atoms with E-state index in [2.05, 4.69) is 20.8 Å². The van der Waals surface area contributed by atoms with Crippen molar-refractivity contribution in [2.75, 3.05) is 11.5 Å². The summed E-state index contributed by atoms with van der Waals surface area (Å²) in [4.78, 5) is 0. The first-order valence-electron chi connectivity index (χ1n) is 3.94. The predicted octanol–water partition coefficient (Wildman–Crippen LogP) is 2.15. The second-order valence-electron chi connectivity index (χ2n) is 2.80. The minimum Gasteiger partial charge on any atom is -0.393 e. The molecule has 1 atom stereocenters. The molecule has 0 rings (SSSR count). The number of hydrogen-bond acceptors (Lipinski definition) is 2. The van der Waals surface area contributed by atoms with Gasteiger partial charge in [0.25, 0.3) is 0 Å². The van der Waals surface area contributed by atoms with Crippen LogP contribution in [0.15, 0.2) is 0 Å². The highest BCUT2D eigenvalue weighted by Gasteiger charge is 2.07. The van der Waals surface area contributed by atoms with Gasteiger partial charge in [0, 0.05) is 0 Å². The van der Waals surface area contributed by atoms with E-state index in [4.69, 9.17) is 0 Å². The van der Waals surface area contributed by atoms with Crippen LogP contribution in [0.4, 0.5) is 0 Å². The number of aliphatic hydroxyl groups is 1. The average Bonchev–Trinajstić information content (AvgIpc) is 1.88. The van der Waals surface area contributed by atoms with Crippen LogP contribution in [0.5, 0.6) is 0 Å². The van der Waals surface area contributed by atoms with Crippen molar-refractivity contribution in [1.29, 1.82) is 0 Å². The summed E-state index contributed by atoms with van der Waals surface area (Å²) in [5, 5.41) is 9.34. The van der Waals surface area contributed by atoms with Crippen molar-refractivity contribution in [2.45, 2.75) is 33.3 Å². The van der Waals surface area contributed by atoms with Crippen LogP contribution in [0, 0.1) is 5.92 Å². The Morgan fingerprint density at radius 3 is 2.40 bits per heavy atom. The number of aliphatic hydroxyl groups excluding tert-OH is 1. The molecule has 0 aliphatic carbocycles. The Balaban J connectivity index is 3.13. The average molecular weight is 162 g/mol. The lowest BCUT2D eigenvalue weighted by atomic mass is 10.1. The molecule has 0 aromatic rings. The molecule has 0 fully saturated rings. The van der Waals surface area contributed by atoms with Crippen LogP contribution >= 0.6 is 11.8 Å². The van der Waals surface area contributed by atoms with Gasteiger partial charge in [0.1, 0.15) is 0 Å². The molecule has 0 aliphatic rings. The van der Waals surface area contributed by atoms with Gasteiger partial charge in [-0.2, -0.15) is 11.8 Å². The molecule has 2 heteroatoms. The molecule has 0 aliphatic heterocycles. The van der Waals surface area contributed by atoms with Gasteiger partial charge in [-0.05, 0) is 23.8 Å². The zero-order valence-corrected chi connectivity index (χ0v) is 7.95. The van der Waals surface area contributed by atoms with Gasteiger partial charge >= 0.3 is 0 Å². The molecule has 1 nitrogen and oxygen atoms in total. The van der Waals surface area contributed by atoms with Crippen LogP contribution in [0.2, 0.25) is 0 Å². The van der Waals surface area contributed by atoms with Crippen LogP contribution in [0.25, 0.3) is 0 Å². The van der Waals surface area contributed by atoms with E-state index in [1.165, 1.54) is 0 Å². The summed E-state index contributed by atoms with van der Waals surface area (Å²) in [5.74, 6) is 2.66. The Morgan fingerprint density at radius 2 is 2.00 bits per heavy atom. The summed E-state index contributed by atoms with van der Waals surface area (Å²) < 4.78 is 0. The predicted molar refractivity (Wildman–Crippen MR) is 48.5 cm³/mol. The highest BCUT2D eigenvalue weighted by molar-refractivity contribution is 7.99. The highest BCUT2D eigenvalue weighted by Crippen LogP contribution is 2.09. The molecule has 0 radical (unpaired) electrons. The van der Waals surface area contributed by atoms with Gasteiger partial charge in [0.15, 0.2) is 0 Å². The fourth-order valence-electron chi connectivity index (χ4n) is 0.682. The van der Waals surface area contributed by atoms with Crippen LogP contribution in [0.3, 0.4) is 0 Å². The van der Waals surface area contributed by atoms with E-state index < -0.39 is 0 Å². The molecule has 0 bridgehead atoms. The van der Waals surface area contributed by atoms with Crippen molar-refractivity contribution >= 4 is 11.8 Å². The SMILES string of the molecule is CCSCCC(O)C(C)C. The van der Waals surface area contributed by atoms with Gasteiger partial charge in [-0.1, -0.05) is 20.8 Å². The standard InChI is InChI=1S/C8H18OS/c1-4-10-6-5-8(9)7(2)3/h7-9H,4-6H2,1-3H3. The molecule has 0 spiro atoms. The van der Waals surface area contributed by atoms with Crippen molar-refractivity contribution in [3.05, 3.63) is 0 Å². The van der Waals surface area contributed by atoms with E-state index in [0.717, 1.165) is 17.9 Å². The Morgan fingerprint density at radius 1 is 1.40 bits per heavy atom. The summed E-state index contributed by atoms with van der Waals surface area (Å²) >= 11 is 1.89. The van der Waals surface area contributed by atoms with Gasteiger partial charge < -0.3 is 5.11 Å². The molecule has 1 unspecified atom stereocenters. The zero-order chi connectivity index (χ0) is 7.98. The van der Waals surface area contributed by atoms with Gasteiger partial charge in [-0.3, -0.25) is 0 Å². The monoisotopic (exact) mass is 162 g/mol. The van der Waals surface area contributed by atoms with Gasteiger partial charge in [-0.15, -0.1) is 0 Å². The molecule has 0 saturated carbocycles. The number of hydrogen-bond donors (Lipinski definition) is 1.